The summed E-state index contributed by atoms with van der Waals surface area (Å²) in [6.45, 7) is 2.12. The molecular weight excluding hydrogens is 538 g/mol. The molecule has 2 aliphatic heterocycles. The number of nitrogens with one attached hydrogen (secondary N) is 1. The smallest absolute Gasteiger partial charge is 0.256 e. The molecule has 0 radical (unpaired) electrons. The predicted octanol–water partition coefficient (Wildman–Crippen LogP) is 3.30. The van der Waals surface area contributed by atoms with Crippen molar-refractivity contribution in [1.82, 2.24) is 9.97 Å². The average molecular weight is 570 g/mol. The van der Waals surface area contributed by atoms with Crippen molar-refractivity contribution in [2.24, 2.45) is 0 Å². The Balaban J connectivity index is 1.60. The first kappa shape index (κ1) is 26.4. The Morgan fingerprint density at radius 3 is 2.33 bits per heavy atom. The van der Waals surface area contributed by atoms with E-state index in [1.165, 1.54) is 7.11 Å². The lowest BCUT2D eigenvalue weighted by Crippen LogP contribution is -2.49. The summed E-state index contributed by atoms with van der Waals surface area (Å²) in [5.74, 6) is 1.51. The van der Waals surface area contributed by atoms with Gasteiger partial charge in [0.1, 0.15) is 23.0 Å². The van der Waals surface area contributed by atoms with Crippen molar-refractivity contribution in [2.45, 2.75) is 17.1 Å². The van der Waals surface area contributed by atoms with Gasteiger partial charge in [0.05, 0.1) is 57.3 Å². The van der Waals surface area contributed by atoms with E-state index in [1.54, 1.807) is 26.4 Å². The number of aromatic amines is 1. The SMILES string of the molecule is COc1ccc([C@@]23Oc4cc(OC)cc(OC)c4[C@]2(O)c2nc(N4CCOCC4)[nH]c(=O)c2[C@H]3c2ccccc2)cc1. The van der Waals surface area contributed by atoms with E-state index in [1.807, 2.05) is 59.5 Å². The third-order valence-electron chi connectivity index (χ3n) is 8.61. The summed E-state index contributed by atoms with van der Waals surface area (Å²) >= 11 is 0. The summed E-state index contributed by atoms with van der Waals surface area (Å²) in [5.41, 5.74) is -1.44. The second-order valence-corrected chi connectivity index (χ2v) is 10.6. The second kappa shape index (κ2) is 9.78. The molecule has 3 heterocycles. The molecule has 2 N–H and O–H groups in total. The van der Waals surface area contributed by atoms with Crippen LogP contribution in [0.2, 0.25) is 0 Å². The summed E-state index contributed by atoms with van der Waals surface area (Å²) in [6.07, 6.45) is 0. The highest BCUT2D eigenvalue weighted by atomic mass is 16.5. The summed E-state index contributed by atoms with van der Waals surface area (Å²) in [4.78, 5) is 24.2. The summed E-state index contributed by atoms with van der Waals surface area (Å²) in [6, 6.07) is 20.4. The minimum Gasteiger partial charge on any atom is -0.497 e. The van der Waals surface area contributed by atoms with Gasteiger partial charge < -0.3 is 33.7 Å². The first-order chi connectivity index (χ1) is 20.5. The Hall–Kier alpha value is -4.54. The molecular formula is C32H31N3O7. The summed E-state index contributed by atoms with van der Waals surface area (Å²) in [5, 5.41) is 13.4. The van der Waals surface area contributed by atoms with Gasteiger partial charge in [0.25, 0.3) is 5.56 Å². The molecule has 3 atom stereocenters. The zero-order valence-electron chi connectivity index (χ0n) is 23.5. The number of H-pyrrole nitrogens is 1. The number of hydrogen-bond acceptors (Lipinski definition) is 9. The van der Waals surface area contributed by atoms with Crippen LogP contribution in [0.4, 0.5) is 5.95 Å². The minimum absolute atomic E-state index is 0.222. The van der Waals surface area contributed by atoms with Crippen molar-refractivity contribution < 1.29 is 28.8 Å². The second-order valence-electron chi connectivity index (χ2n) is 10.6. The van der Waals surface area contributed by atoms with Gasteiger partial charge in [-0.15, -0.1) is 0 Å². The summed E-state index contributed by atoms with van der Waals surface area (Å²) in [7, 11) is 4.68. The van der Waals surface area contributed by atoms with E-state index in [0.29, 0.717) is 71.9 Å². The maximum Gasteiger partial charge on any atom is 0.256 e. The zero-order valence-corrected chi connectivity index (χ0v) is 23.5. The number of hydrogen-bond donors (Lipinski definition) is 2. The fourth-order valence-electron chi connectivity index (χ4n) is 6.74. The fraction of sp³-hybridized carbons (Fsp3) is 0.312. The van der Waals surface area contributed by atoms with Gasteiger partial charge in [0, 0.05) is 30.8 Å². The Kier molecular flexibility index (Phi) is 6.14. The first-order valence-electron chi connectivity index (χ1n) is 13.8. The lowest BCUT2D eigenvalue weighted by Gasteiger charge is -2.40. The molecule has 0 amide bonds. The fourth-order valence-corrected chi connectivity index (χ4v) is 6.74. The Morgan fingerprint density at radius 2 is 1.67 bits per heavy atom. The predicted molar refractivity (Wildman–Crippen MR) is 154 cm³/mol. The Bertz CT molecular complexity index is 1700. The van der Waals surface area contributed by atoms with Crippen LogP contribution >= 0.6 is 0 Å². The van der Waals surface area contributed by atoms with Gasteiger partial charge >= 0.3 is 0 Å². The molecule has 1 saturated heterocycles. The number of rotatable bonds is 6. The van der Waals surface area contributed by atoms with E-state index in [4.69, 9.17) is 28.7 Å². The summed E-state index contributed by atoms with van der Waals surface area (Å²) < 4.78 is 29.4. The van der Waals surface area contributed by atoms with E-state index >= 15 is 0 Å². The van der Waals surface area contributed by atoms with Gasteiger partial charge in [-0.25, -0.2) is 4.98 Å². The largest absolute Gasteiger partial charge is 0.497 e. The number of ether oxygens (including phenoxy) is 5. The molecule has 1 fully saturated rings. The van der Waals surface area contributed by atoms with Crippen molar-refractivity contribution in [2.75, 3.05) is 52.5 Å². The van der Waals surface area contributed by atoms with Gasteiger partial charge in [-0.05, 0) is 17.7 Å². The van der Waals surface area contributed by atoms with Crippen LogP contribution in [0.1, 0.15) is 33.9 Å². The molecule has 1 aromatic heterocycles. The van der Waals surface area contributed by atoms with Crippen LogP contribution in [0.5, 0.6) is 23.0 Å². The molecule has 0 saturated carbocycles. The molecule has 3 aliphatic rings. The standard InChI is InChI=1S/C32H31N3O7/c1-38-21-11-9-20(10-12-21)32-26(19-7-5-4-6-8-19)25-28(33-30(34-29(25)36)35-13-15-41-16-14-35)31(32,37)27-23(40-3)17-22(39-2)18-24(27)42-32/h4-12,17-18,26,37H,13-16H2,1-3H3,(H,33,34,36)/t26-,31+,32+/m1/s1. The molecule has 1 aliphatic carbocycles. The minimum atomic E-state index is -1.93. The molecule has 42 heavy (non-hydrogen) atoms. The molecule has 10 heteroatoms. The number of methoxy groups -OCH3 is 3. The average Bonchev–Trinajstić information content (AvgIpc) is 3.44. The molecule has 10 nitrogen and oxygen atoms in total. The Labute approximate surface area is 242 Å². The first-order valence-corrected chi connectivity index (χ1v) is 13.8. The monoisotopic (exact) mass is 569 g/mol. The molecule has 0 unspecified atom stereocenters. The van der Waals surface area contributed by atoms with Crippen molar-refractivity contribution in [3.05, 3.63) is 105 Å². The number of fused-ring (bicyclic) bond motifs is 5. The Morgan fingerprint density at radius 1 is 0.952 bits per heavy atom. The van der Waals surface area contributed by atoms with Crippen LogP contribution in [0, 0.1) is 0 Å². The van der Waals surface area contributed by atoms with Crippen LogP contribution in [-0.4, -0.2) is 62.7 Å². The highest BCUT2D eigenvalue weighted by Crippen LogP contribution is 2.69. The molecule has 3 aromatic carbocycles. The number of nitrogens with zero attached hydrogens (tertiary/aromatic N) is 2. The third-order valence-corrected chi connectivity index (χ3v) is 8.61. The lowest BCUT2D eigenvalue weighted by molar-refractivity contribution is -0.0909. The molecule has 4 aromatic rings. The molecule has 0 bridgehead atoms. The van der Waals surface area contributed by atoms with Gasteiger partial charge in [-0.1, -0.05) is 42.5 Å². The van der Waals surface area contributed by atoms with Crippen LogP contribution in [-0.2, 0) is 15.9 Å². The number of benzene rings is 3. The molecule has 7 rings (SSSR count). The van der Waals surface area contributed by atoms with Gasteiger partial charge in [0.15, 0.2) is 11.2 Å². The quantitative estimate of drug-likeness (QED) is 0.361. The van der Waals surface area contributed by atoms with Crippen molar-refractivity contribution >= 4 is 5.95 Å². The third kappa shape index (κ3) is 3.51. The number of anilines is 1. The normalized spacial score (nSPS) is 23.9. The highest BCUT2D eigenvalue weighted by Gasteiger charge is 2.74. The van der Waals surface area contributed by atoms with E-state index in [2.05, 4.69) is 4.98 Å². The zero-order chi connectivity index (χ0) is 29.1. The maximum atomic E-state index is 14.2. The van der Waals surface area contributed by atoms with E-state index < -0.39 is 17.1 Å². The maximum absolute atomic E-state index is 14.2. The lowest BCUT2D eigenvalue weighted by atomic mass is 9.70. The van der Waals surface area contributed by atoms with E-state index in [0.717, 1.165) is 5.56 Å². The van der Waals surface area contributed by atoms with Crippen LogP contribution in [0.25, 0.3) is 0 Å². The molecule has 216 valence electrons. The van der Waals surface area contributed by atoms with E-state index in [-0.39, 0.29) is 11.3 Å². The van der Waals surface area contributed by atoms with Crippen molar-refractivity contribution in [3.63, 3.8) is 0 Å². The van der Waals surface area contributed by atoms with Gasteiger partial charge in [0.2, 0.25) is 5.95 Å². The highest BCUT2D eigenvalue weighted by molar-refractivity contribution is 5.69. The number of morpholine rings is 1. The van der Waals surface area contributed by atoms with Crippen LogP contribution in [0.15, 0.2) is 71.5 Å². The van der Waals surface area contributed by atoms with Gasteiger partial charge in [-0.3, -0.25) is 9.78 Å². The topological polar surface area (TPSA) is 115 Å². The van der Waals surface area contributed by atoms with Crippen molar-refractivity contribution in [1.29, 1.82) is 0 Å². The van der Waals surface area contributed by atoms with E-state index in [9.17, 15) is 9.90 Å². The number of aliphatic hydroxyl groups is 1. The van der Waals surface area contributed by atoms with Crippen molar-refractivity contribution in [3.8, 4) is 23.0 Å². The van der Waals surface area contributed by atoms with Gasteiger partial charge in [-0.2, -0.15) is 0 Å². The number of aromatic nitrogens is 2. The van der Waals surface area contributed by atoms with Crippen LogP contribution < -0.4 is 29.4 Å². The van der Waals surface area contributed by atoms with Crippen LogP contribution in [0.3, 0.4) is 0 Å². The molecule has 0 spiro atoms.